The summed E-state index contributed by atoms with van der Waals surface area (Å²) in [6, 6.07) is 8.26. The average Bonchev–Trinajstić information content (AvgIpc) is 3.23. The van der Waals surface area contributed by atoms with Crippen molar-refractivity contribution in [3.05, 3.63) is 58.9 Å². The molecule has 5 nitrogen and oxygen atoms in total. The first-order valence-electron chi connectivity index (χ1n) is 9.04. The lowest BCUT2D eigenvalue weighted by atomic mass is 9.91. The molecule has 0 saturated carbocycles. The molecule has 2 aliphatic rings. The second kappa shape index (κ2) is 6.90. The number of carboxylic acid groups (broad SMARTS) is 1. The van der Waals surface area contributed by atoms with Crippen LogP contribution in [-0.2, 0) is 31.1 Å². The maximum absolute atomic E-state index is 11.2. The number of allylic oxidation sites excluding steroid dienone is 2. The minimum absolute atomic E-state index is 0.155. The van der Waals surface area contributed by atoms with Crippen LogP contribution in [0, 0.1) is 0 Å². The quantitative estimate of drug-likeness (QED) is 0.806. The lowest BCUT2D eigenvalue weighted by Gasteiger charge is -2.19. The molecule has 0 bridgehead atoms. The molecule has 2 aromatic rings. The highest BCUT2D eigenvalue weighted by Crippen LogP contribution is 2.36. The van der Waals surface area contributed by atoms with E-state index in [1.165, 1.54) is 17.0 Å². The van der Waals surface area contributed by atoms with E-state index < -0.39 is 5.97 Å². The summed E-state index contributed by atoms with van der Waals surface area (Å²) in [6.07, 6.45) is 7.89. The van der Waals surface area contributed by atoms with Crippen molar-refractivity contribution in [3.8, 4) is 11.5 Å². The van der Waals surface area contributed by atoms with Crippen molar-refractivity contribution in [1.82, 2.24) is 4.57 Å². The fraction of sp³-hybridized carbons (Fsp3) is 0.381. The third-order valence-corrected chi connectivity index (χ3v) is 5.34. The number of rotatable bonds is 6. The second-order valence-electron chi connectivity index (χ2n) is 7.00. The minimum Gasteiger partial charge on any atom is -0.481 e. The molecule has 0 amide bonds. The van der Waals surface area contributed by atoms with Crippen molar-refractivity contribution >= 4 is 5.97 Å². The molecule has 1 aromatic carbocycles. The monoisotopic (exact) mass is 353 g/mol. The number of aromatic nitrogens is 1. The zero-order valence-corrected chi connectivity index (χ0v) is 14.9. The smallest absolute Gasteiger partial charge is 0.303 e. The van der Waals surface area contributed by atoms with E-state index in [0.29, 0.717) is 6.42 Å². The van der Waals surface area contributed by atoms with E-state index >= 15 is 0 Å². The fourth-order valence-electron chi connectivity index (χ4n) is 3.98. The summed E-state index contributed by atoms with van der Waals surface area (Å²) >= 11 is 0. The number of nitrogens with zero attached hydrogens (tertiary/aromatic N) is 1. The summed E-state index contributed by atoms with van der Waals surface area (Å²) in [5, 5.41) is 9.18. The third kappa shape index (κ3) is 3.21. The van der Waals surface area contributed by atoms with Gasteiger partial charge in [0, 0.05) is 37.2 Å². The van der Waals surface area contributed by atoms with Gasteiger partial charge in [-0.1, -0.05) is 18.2 Å². The van der Waals surface area contributed by atoms with Crippen molar-refractivity contribution in [3.63, 3.8) is 0 Å². The predicted molar refractivity (Wildman–Crippen MR) is 97.8 cm³/mol. The van der Waals surface area contributed by atoms with E-state index in [0.717, 1.165) is 36.3 Å². The third-order valence-electron chi connectivity index (χ3n) is 5.34. The first kappa shape index (κ1) is 16.8. The summed E-state index contributed by atoms with van der Waals surface area (Å²) < 4.78 is 13.1. The number of hydrogen-bond donors (Lipinski definition) is 1. The molecule has 0 spiro atoms. The Labute approximate surface area is 152 Å². The van der Waals surface area contributed by atoms with E-state index in [4.69, 9.17) is 9.47 Å². The molecule has 1 aliphatic carbocycles. The number of hydrogen-bond acceptors (Lipinski definition) is 3. The predicted octanol–water partition coefficient (Wildman–Crippen LogP) is 3.60. The first-order chi connectivity index (χ1) is 12.6. The first-order valence-corrected chi connectivity index (χ1v) is 9.04. The molecule has 5 heteroatoms. The van der Waals surface area contributed by atoms with Crippen LogP contribution in [0.3, 0.4) is 0 Å². The molecule has 0 radical (unpaired) electrons. The Kier molecular flexibility index (Phi) is 4.45. The number of carbonyl (C=O) groups is 1. The maximum Gasteiger partial charge on any atom is 0.303 e. The van der Waals surface area contributed by atoms with Gasteiger partial charge in [0.05, 0.1) is 0 Å². The standard InChI is InChI=1S/C21H23NO4/c1-22-17-5-3-2-4-15(17)12-18(22)16(7-9-21(23)24)10-14-6-8-19-20(11-14)26-13-25-19/h2-3,6,8,11-12,16H,4-5,7,9-10,13H2,1H3,(H,23,24). The lowest BCUT2D eigenvalue weighted by molar-refractivity contribution is -0.137. The Morgan fingerprint density at radius 3 is 2.81 bits per heavy atom. The molecule has 1 unspecified atom stereocenters. The van der Waals surface area contributed by atoms with Crippen molar-refractivity contribution in [2.75, 3.05) is 6.79 Å². The van der Waals surface area contributed by atoms with Gasteiger partial charge >= 0.3 is 5.97 Å². The van der Waals surface area contributed by atoms with Gasteiger partial charge in [0.25, 0.3) is 0 Å². The normalized spacial score (nSPS) is 15.7. The van der Waals surface area contributed by atoms with E-state index in [-0.39, 0.29) is 19.1 Å². The lowest BCUT2D eigenvalue weighted by Crippen LogP contribution is -2.12. The van der Waals surface area contributed by atoms with Gasteiger partial charge in [0.15, 0.2) is 11.5 Å². The van der Waals surface area contributed by atoms with E-state index in [1.807, 2.05) is 18.2 Å². The highest BCUT2D eigenvalue weighted by molar-refractivity contribution is 5.66. The maximum atomic E-state index is 11.2. The fourth-order valence-corrected chi connectivity index (χ4v) is 3.98. The second-order valence-corrected chi connectivity index (χ2v) is 7.00. The molecule has 1 aliphatic heterocycles. The Morgan fingerprint density at radius 1 is 1.19 bits per heavy atom. The van der Waals surface area contributed by atoms with E-state index in [1.54, 1.807) is 0 Å². The van der Waals surface area contributed by atoms with Crippen molar-refractivity contribution < 1.29 is 19.4 Å². The highest BCUT2D eigenvalue weighted by atomic mass is 16.7. The number of aliphatic carboxylic acids is 1. The van der Waals surface area contributed by atoms with Gasteiger partial charge in [0.1, 0.15) is 0 Å². The molecule has 136 valence electrons. The molecule has 1 aromatic heterocycles. The van der Waals surface area contributed by atoms with Gasteiger partial charge in [-0.05, 0) is 48.6 Å². The molecule has 0 saturated heterocycles. The highest BCUT2D eigenvalue weighted by Gasteiger charge is 2.23. The Balaban J connectivity index is 1.62. The number of ether oxygens (including phenoxy) is 2. The van der Waals surface area contributed by atoms with E-state index in [9.17, 15) is 9.90 Å². The van der Waals surface area contributed by atoms with Crippen LogP contribution >= 0.6 is 0 Å². The Bertz CT molecular complexity index is 865. The summed E-state index contributed by atoms with van der Waals surface area (Å²) in [4.78, 5) is 11.2. The van der Waals surface area contributed by atoms with Crippen LogP contribution < -0.4 is 9.47 Å². The Hall–Kier alpha value is -2.69. The molecular weight excluding hydrogens is 330 g/mol. The van der Waals surface area contributed by atoms with Gasteiger partial charge in [0.2, 0.25) is 6.79 Å². The zero-order valence-electron chi connectivity index (χ0n) is 14.9. The summed E-state index contributed by atoms with van der Waals surface area (Å²) in [6.45, 7) is 0.263. The van der Waals surface area contributed by atoms with Crippen molar-refractivity contribution in [2.45, 2.75) is 38.0 Å². The van der Waals surface area contributed by atoms with Gasteiger partial charge < -0.3 is 19.1 Å². The van der Waals surface area contributed by atoms with E-state index in [2.05, 4.69) is 29.8 Å². The SMILES string of the molecule is Cn1c(C(CCC(=O)O)Cc2ccc3c(c2)OCO3)cc2c1CC=CC2. The van der Waals surface area contributed by atoms with Crippen molar-refractivity contribution in [2.24, 2.45) is 7.05 Å². The van der Waals surface area contributed by atoms with Crippen molar-refractivity contribution in [1.29, 1.82) is 0 Å². The molecule has 1 atom stereocenters. The summed E-state index contributed by atoms with van der Waals surface area (Å²) in [7, 11) is 2.10. The molecule has 4 rings (SSSR count). The van der Waals surface area contributed by atoms with Crippen LogP contribution in [0.15, 0.2) is 36.4 Å². The van der Waals surface area contributed by atoms with Crippen LogP contribution in [-0.4, -0.2) is 22.4 Å². The van der Waals surface area contributed by atoms with Crippen LogP contribution in [0.25, 0.3) is 0 Å². The topological polar surface area (TPSA) is 60.7 Å². The van der Waals surface area contributed by atoms with Gasteiger partial charge in [-0.15, -0.1) is 0 Å². The van der Waals surface area contributed by atoms with Gasteiger partial charge in [-0.25, -0.2) is 0 Å². The summed E-state index contributed by atoms with van der Waals surface area (Å²) in [5.41, 5.74) is 5.06. The number of carboxylic acids is 1. The van der Waals surface area contributed by atoms with Crippen LogP contribution in [0.1, 0.15) is 41.3 Å². The average molecular weight is 353 g/mol. The largest absolute Gasteiger partial charge is 0.481 e. The molecule has 26 heavy (non-hydrogen) atoms. The number of benzene rings is 1. The zero-order chi connectivity index (χ0) is 18.1. The number of fused-ring (bicyclic) bond motifs is 2. The van der Waals surface area contributed by atoms with Crippen LogP contribution in [0.4, 0.5) is 0 Å². The molecule has 0 fully saturated rings. The summed E-state index contributed by atoms with van der Waals surface area (Å²) in [5.74, 6) is 0.953. The van der Waals surface area contributed by atoms with Gasteiger partial charge in [-0.3, -0.25) is 4.79 Å². The molecule has 2 heterocycles. The van der Waals surface area contributed by atoms with Crippen LogP contribution in [0.2, 0.25) is 0 Å². The molecule has 1 N–H and O–H groups in total. The minimum atomic E-state index is -0.749. The van der Waals surface area contributed by atoms with Gasteiger partial charge in [-0.2, -0.15) is 0 Å². The Morgan fingerprint density at radius 2 is 2.00 bits per heavy atom. The van der Waals surface area contributed by atoms with Crippen LogP contribution in [0.5, 0.6) is 11.5 Å². The molecular formula is C21H23NO4.